The zero-order chi connectivity index (χ0) is 21.3. The Bertz CT molecular complexity index is 910. The summed E-state index contributed by atoms with van der Waals surface area (Å²) < 4.78 is 10.5. The van der Waals surface area contributed by atoms with Gasteiger partial charge in [-0.3, -0.25) is 14.5 Å². The number of hydrogen-bond donors (Lipinski definition) is 0. The molecular weight excluding hydrogens is 410 g/mol. The summed E-state index contributed by atoms with van der Waals surface area (Å²) in [6.45, 7) is 4.98. The number of nitrogens with zero attached hydrogens (tertiary/aromatic N) is 5. The maximum Gasteiger partial charge on any atom is 0.254 e. The number of ether oxygens (including phenoxy) is 1. The summed E-state index contributed by atoms with van der Waals surface area (Å²) in [5.74, 6) is -0.256. The predicted molar refractivity (Wildman–Crippen MR) is 108 cm³/mol. The second-order valence-corrected chi connectivity index (χ2v) is 8.07. The fourth-order valence-corrected chi connectivity index (χ4v) is 4.01. The molecule has 2 atom stereocenters. The van der Waals surface area contributed by atoms with Crippen LogP contribution in [0, 0.1) is 6.92 Å². The van der Waals surface area contributed by atoms with E-state index in [0.717, 1.165) is 17.0 Å². The van der Waals surface area contributed by atoms with Gasteiger partial charge in [-0.1, -0.05) is 34.0 Å². The summed E-state index contributed by atoms with van der Waals surface area (Å²) in [4.78, 5) is 31.2. The number of morpholine rings is 1. The van der Waals surface area contributed by atoms with E-state index in [-0.39, 0.29) is 18.4 Å². The van der Waals surface area contributed by atoms with Crippen molar-refractivity contribution in [1.82, 2.24) is 25.0 Å². The highest BCUT2D eigenvalue weighted by Gasteiger charge is 2.42. The number of carbonyl (C=O) groups is 2. The molecule has 10 heteroatoms. The molecule has 2 saturated heterocycles. The monoisotopic (exact) mass is 433 g/mol. The summed E-state index contributed by atoms with van der Waals surface area (Å²) in [6, 6.07) is 6.68. The van der Waals surface area contributed by atoms with Crippen LogP contribution in [0.4, 0.5) is 0 Å². The Kier molecular flexibility index (Phi) is 6.03. The first-order valence-electron chi connectivity index (χ1n) is 9.86. The molecule has 160 valence electrons. The Morgan fingerprint density at radius 3 is 2.50 bits per heavy atom. The van der Waals surface area contributed by atoms with Gasteiger partial charge in [-0.15, -0.1) is 0 Å². The van der Waals surface area contributed by atoms with Crippen molar-refractivity contribution in [2.24, 2.45) is 0 Å². The number of hydrogen-bond acceptors (Lipinski definition) is 7. The van der Waals surface area contributed by atoms with E-state index in [4.69, 9.17) is 21.0 Å². The largest absolute Gasteiger partial charge is 0.356 e. The van der Waals surface area contributed by atoms with Crippen molar-refractivity contribution in [2.75, 3.05) is 39.8 Å². The van der Waals surface area contributed by atoms with E-state index in [2.05, 4.69) is 15.2 Å². The van der Waals surface area contributed by atoms with Crippen molar-refractivity contribution in [3.8, 4) is 0 Å². The highest BCUT2D eigenvalue weighted by Crippen LogP contribution is 2.31. The molecule has 1 aromatic heterocycles. The zero-order valence-electron chi connectivity index (χ0n) is 17.0. The molecule has 2 aromatic rings. The molecule has 30 heavy (non-hydrogen) atoms. The molecule has 0 radical (unpaired) electrons. The van der Waals surface area contributed by atoms with E-state index < -0.39 is 12.1 Å². The van der Waals surface area contributed by atoms with Gasteiger partial charge in [-0.2, -0.15) is 0 Å². The van der Waals surface area contributed by atoms with Crippen LogP contribution in [0.3, 0.4) is 0 Å². The number of piperazine rings is 1. The first kappa shape index (κ1) is 20.8. The quantitative estimate of drug-likeness (QED) is 0.717. The van der Waals surface area contributed by atoms with E-state index in [1.807, 2.05) is 24.0 Å². The minimum absolute atomic E-state index is 0.102. The number of amides is 2. The number of benzene rings is 1. The Morgan fingerprint density at radius 2 is 1.87 bits per heavy atom. The lowest BCUT2D eigenvalue weighted by Gasteiger charge is -2.42. The van der Waals surface area contributed by atoms with Crippen LogP contribution < -0.4 is 0 Å². The van der Waals surface area contributed by atoms with Gasteiger partial charge in [0.15, 0.2) is 6.10 Å². The van der Waals surface area contributed by atoms with Gasteiger partial charge in [0.05, 0.1) is 6.04 Å². The van der Waals surface area contributed by atoms with E-state index >= 15 is 0 Å². The molecule has 9 nitrogen and oxygen atoms in total. The molecule has 0 spiro atoms. The standard InChI is InChI=1S/C20H24ClN5O4/c1-13-16(23-30-22-13)11-25-7-9-26(10-8-25)20(28)19-18(24(2)17(27)12-29-19)14-3-5-15(21)6-4-14/h3-6,18-19H,7-12H2,1-2H3. The molecule has 0 N–H and O–H groups in total. The normalized spacial score (nSPS) is 23.1. The lowest BCUT2D eigenvalue weighted by molar-refractivity contribution is -0.168. The van der Waals surface area contributed by atoms with Crippen LogP contribution in [0.1, 0.15) is 23.0 Å². The smallest absolute Gasteiger partial charge is 0.254 e. The van der Waals surface area contributed by atoms with Gasteiger partial charge >= 0.3 is 0 Å². The van der Waals surface area contributed by atoms with E-state index in [0.29, 0.717) is 37.7 Å². The predicted octanol–water partition coefficient (Wildman–Crippen LogP) is 1.27. The summed E-state index contributed by atoms with van der Waals surface area (Å²) in [5, 5.41) is 8.33. The molecule has 0 aliphatic carbocycles. The van der Waals surface area contributed by atoms with E-state index in [9.17, 15) is 9.59 Å². The van der Waals surface area contributed by atoms with Crippen LogP contribution in [-0.4, -0.2) is 82.8 Å². The van der Waals surface area contributed by atoms with Crippen molar-refractivity contribution < 1.29 is 19.0 Å². The molecule has 0 saturated carbocycles. The Labute approximate surface area is 179 Å². The molecule has 0 bridgehead atoms. The topological polar surface area (TPSA) is 92.0 Å². The number of carbonyl (C=O) groups excluding carboxylic acids is 2. The SMILES string of the molecule is Cc1nonc1CN1CCN(C(=O)C2OCC(=O)N(C)C2c2ccc(Cl)cc2)CC1. The van der Waals surface area contributed by atoms with Crippen LogP contribution in [0.15, 0.2) is 28.9 Å². The molecule has 2 aliphatic rings. The highest BCUT2D eigenvalue weighted by molar-refractivity contribution is 6.30. The van der Waals surface area contributed by atoms with E-state index in [1.54, 1.807) is 24.1 Å². The van der Waals surface area contributed by atoms with Crippen LogP contribution in [0.2, 0.25) is 5.02 Å². The van der Waals surface area contributed by atoms with Gasteiger partial charge in [0.25, 0.3) is 5.91 Å². The third-order valence-electron chi connectivity index (χ3n) is 5.74. The fourth-order valence-electron chi connectivity index (χ4n) is 3.89. The van der Waals surface area contributed by atoms with Gasteiger partial charge in [-0.05, 0) is 24.6 Å². The van der Waals surface area contributed by atoms with Crippen LogP contribution in [-0.2, 0) is 20.9 Å². The minimum Gasteiger partial charge on any atom is -0.356 e. The Morgan fingerprint density at radius 1 is 1.17 bits per heavy atom. The maximum atomic E-state index is 13.3. The summed E-state index contributed by atoms with van der Waals surface area (Å²) in [5.41, 5.74) is 2.41. The van der Waals surface area contributed by atoms with Crippen molar-refractivity contribution in [3.63, 3.8) is 0 Å². The average molecular weight is 434 g/mol. The number of aryl methyl sites for hydroxylation is 1. The number of aromatic nitrogens is 2. The third-order valence-corrected chi connectivity index (χ3v) is 5.99. The molecule has 3 heterocycles. The van der Waals surface area contributed by atoms with E-state index in [1.165, 1.54) is 0 Å². The van der Waals surface area contributed by atoms with Gasteiger partial charge < -0.3 is 14.5 Å². The molecule has 2 aliphatic heterocycles. The summed E-state index contributed by atoms with van der Waals surface area (Å²) >= 11 is 6.00. The average Bonchev–Trinajstić information content (AvgIpc) is 3.15. The number of rotatable bonds is 4. The molecule has 4 rings (SSSR count). The number of halogens is 1. The molecule has 1 aromatic carbocycles. The third kappa shape index (κ3) is 4.19. The Balaban J connectivity index is 1.44. The van der Waals surface area contributed by atoms with Gasteiger partial charge in [0.2, 0.25) is 5.91 Å². The Hall–Kier alpha value is -2.49. The number of likely N-dealkylation sites (N-methyl/N-ethyl adjacent to an activating group) is 1. The van der Waals surface area contributed by atoms with Crippen molar-refractivity contribution >= 4 is 23.4 Å². The van der Waals surface area contributed by atoms with Crippen molar-refractivity contribution in [1.29, 1.82) is 0 Å². The second-order valence-electron chi connectivity index (χ2n) is 7.63. The highest BCUT2D eigenvalue weighted by atomic mass is 35.5. The van der Waals surface area contributed by atoms with Gasteiger partial charge in [0, 0.05) is 44.8 Å². The molecule has 2 fully saturated rings. The van der Waals surface area contributed by atoms with Crippen molar-refractivity contribution in [2.45, 2.75) is 25.6 Å². The molecule has 2 amide bonds. The lowest BCUT2D eigenvalue weighted by atomic mass is 9.97. The van der Waals surface area contributed by atoms with Crippen LogP contribution >= 0.6 is 11.6 Å². The van der Waals surface area contributed by atoms with Crippen LogP contribution in [0.5, 0.6) is 0 Å². The summed E-state index contributed by atoms with van der Waals surface area (Å²) in [7, 11) is 1.70. The first-order valence-corrected chi connectivity index (χ1v) is 10.2. The van der Waals surface area contributed by atoms with Gasteiger partial charge in [0.1, 0.15) is 18.0 Å². The lowest BCUT2D eigenvalue weighted by Crippen LogP contribution is -2.57. The molecule has 2 unspecified atom stereocenters. The first-order chi connectivity index (χ1) is 14.4. The maximum absolute atomic E-state index is 13.3. The minimum atomic E-state index is -0.748. The second kappa shape index (κ2) is 8.71. The molecular formula is C20H24ClN5O4. The van der Waals surface area contributed by atoms with Crippen molar-refractivity contribution in [3.05, 3.63) is 46.2 Å². The zero-order valence-corrected chi connectivity index (χ0v) is 17.7. The van der Waals surface area contributed by atoms with Crippen LogP contribution in [0.25, 0.3) is 0 Å². The van der Waals surface area contributed by atoms with Gasteiger partial charge in [-0.25, -0.2) is 4.63 Å². The fraction of sp³-hybridized carbons (Fsp3) is 0.500. The summed E-state index contributed by atoms with van der Waals surface area (Å²) in [6.07, 6.45) is -0.748.